The van der Waals surface area contributed by atoms with Gasteiger partial charge in [0.2, 0.25) is 5.43 Å². The fraction of sp³-hybridized carbons (Fsp3) is 0.429. The Morgan fingerprint density at radius 3 is 2.90 bits per heavy atom. The Balaban J connectivity index is 1.42. The molecule has 4 rings (SSSR count). The summed E-state index contributed by atoms with van der Waals surface area (Å²) in [6, 6.07) is 3.35. The van der Waals surface area contributed by atoms with Gasteiger partial charge < -0.3 is 19.9 Å². The molecule has 0 atom stereocenters. The first kappa shape index (κ1) is 19.9. The van der Waals surface area contributed by atoms with Crippen LogP contribution in [0.4, 0.5) is 5.82 Å². The van der Waals surface area contributed by atoms with E-state index in [-0.39, 0.29) is 17.6 Å². The topological polar surface area (TPSA) is 116 Å². The van der Waals surface area contributed by atoms with Gasteiger partial charge in [-0.25, -0.2) is 4.98 Å². The minimum atomic E-state index is -0.496. The zero-order chi connectivity index (χ0) is 21.3. The van der Waals surface area contributed by atoms with Crippen molar-refractivity contribution in [3.8, 4) is 5.75 Å². The van der Waals surface area contributed by atoms with Gasteiger partial charge in [0.1, 0.15) is 5.82 Å². The van der Waals surface area contributed by atoms with Crippen LogP contribution in [0.15, 0.2) is 29.3 Å². The third kappa shape index (κ3) is 3.62. The average Bonchev–Trinajstić information content (AvgIpc) is 3.20. The van der Waals surface area contributed by atoms with Gasteiger partial charge in [-0.1, -0.05) is 0 Å². The second-order valence-electron chi connectivity index (χ2n) is 7.82. The maximum Gasteiger partial charge on any atom is 0.274 e. The molecule has 0 spiro atoms. The molecule has 30 heavy (non-hydrogen) atoms. The molecule has 1 aliphatic rings. The lowest BCUT2D eigenvalue weighted by molar-refractivity contribution is 0.0639. The summed E-state index contributed by atoms with van der Waals surface area (Å²) in [7, 11) is 0. The summed E-state index contributed by atoms with van der Waals surface area (Å²) >= 11 is 0. The Bertz CT molecular complexity index is 1130. The quantitative estimate of drug-likeness (QED) is 0.514. The number of fused-ring (bicyclic) bond motifs is 2. The van der Waals surface area contributed by atoms with Crippen molar-refractivity contribution >= 4 is 22.6 Å². The lowest BCUT2D eigenvalue weighted by atomic mass is 10.1. The van der Waals surface area contributed by atoms with Crippen LogP contribution in [0.3, 0.4) is 0 Å². The molecule has 3 N–H and O–H groups in total. The van der Waals surface area contributed by atoms with Crippen molar-refractivity contribution in [3.63, 3.8) is 0 Å². The van der Waals surface area contributed by atoms with Gasteiger partial charge in [-0.2, -0.15) is 5.10 Å². The number of hydrogen-bond acceptors (Lipinski definition) is 6. The largest absolute Gasteiger partial charge is 0.503 e. The highest BCUT2D eigenvalue weighted by Crippen LogP contribution is 2.23. The van der Waals surface area contributed by atoms with Crippen molar-refractivity contribution in [3.05, 3.63) is 46.1 Å². The minimum Gasteiger partial charge on any atom is -0.503 e. The Kier molecular flexibility index (Phi) is 5.43. The fourth-order valence-corrected chi connectivity index (χ4v) is 3.95. The third-order valence-corrected chi connectivity index (χ3v) is 5.54. The number of carbonyl (C=O) groups excluding carboxylic acids is 1. The monoisotopic (exact) mass is 410 g/mol. The number of aromatic hydroxyl groups is 1. The van der Waals surface area contributed by atoms with Crippen LogP contribution < -0.4 is 10.7 Å². The molecule has 0 saturated carbocycles. The molecule has 0 saturated heterocycles. The van der Waals surface area contributed by atoms with Crippen LogP contribution in [0, 0.1) is 0 Å². The minimum absolute atomic E-state index is 0.0174. The Morgan fingerprint density at radius 1 is 1.27 bits per heavy atom. The number of anilines is 1. The summed E-state index contributed by atoms with van der Waals surface area (Å²) in [5, 5.41) is 21.5. The van der Waals surface area contributed by atoms with Crippen LogP contribution in [0.2, 0.25) is 0 Å². The molecule has 0 aliphatic carbocycles. The maximum atomic E-state index is 12.8. The number of aromatic amines is 1. The molecule has 0 bridgehead atoms. The second-order valence-corrected chi connectivity index (χ2v) is 7.82. The first-order valence-corrected chi connectivity index (χ1v) is 10.3. The molecular weight excluding hydrogens is 384 g/mol. The van der Waals surface area contributed by atoms with Gasteiger partial charge in [0, 0.05) is 43.6 Å². The highest BCUT2D eigenvalue weighted by molar-refractivity contribution is 5.96. The van der Waals surface area contributed by atoms with Crippen LogP contribution in [0.25, 0.3) is 10.9 Å². The number of amides is 1. The Morgan fingerprint density at radius 2 is 2.10 bits per heavy atom. The summed E-state index contributed by atoms with van der Waals surface area (Å²) in [5.74, 6) is 0.0579. The van der Waals surface area contributed by atoms with E-state index in [1.54, 1.807) is 21.9 Å². The molecule has 0 fully saturated rings. The highest BCUT2D eigenvalue weighted by atomic mass is 16.3. The predicted molar refractivity (Wildman–Crippen MR) is 114 cm³/mol. The van der Waals surface area contributed by atoms with E-state index in [0.29, 0.717) is 19.5 Å². The Hall–Kier alpha value is -3.36. The van der Waals surface area contributed by atoms with E-state index >= 15 is 0 Å². The van der Waals surface area contributed by atoms with E-state index in [4.69, 9.17) is 0 Å². The summed E-state index contributed by atoms with van der Waals surface area (Å²) in [6.45, 7) is 5.73. The standard InChI is InChI=1S/C21H26N6O3/c1-13(2)26-9-10-27-14(11-17(28)19(29)18(27)21(26)30)5-3-4-7-22-20-15-12-24-25-16(15)6-8-23-20/h6,8,11-13,29H,3-5,7,9-10H2,1-2H3,(H,22,23)(H,24,25). The number of unbranched alkanes of at least 4 members (excludes halogenated alkanes) is 1. The number of nitrogens with zero attached hydrogens (tertiary/aromatic N) is 4. The molecule has 1 amide bonds. The number of aromatic nitrogens is 4. The molecule has 0 radical (unpaired) electrons. The number of carbonyl (C=O) groups is 1. The number of hydrogen-bond donors (Lipinski definition) is 3. The SMILES string of the molecule is CC(C)N1CCn2c(CCCCNc3nccc4[nH]ncc34)cc(=O)c(O)c2C1=O. The normalized spacial score (nSPS) is 13.8. The number of pyridine rings is 2. The van der Waals surface area contributed by atoms with Crippen LogP contribution in [-0.2, 0) is 13.0 Å². The summed E-state index contributed by atoms with van der Waals surface area (Å²) in [5.41, 5.74) is 1.35. The van der Waals surface area contributed by atoms with Crippen molar-refractivity contribution in [2.75, 3.05) is 18.4 Å². The maximum absolute atomic E-state index is 12.8. The van der Waals surface area contributed by atoms with Gasteiger partial charge >= 0.3 is 0 Å². The van der Waals surface area contributed by atoms with Crippen molar-refractivity contribution in [2.24, 2.45) is 0 Å². The van der Waals surface area contributed by atoms with E-state index in [2.05, 4.69) is 20.5 Å². The van der Waals surface area contributed by atoms with E-state index in [1.165, 1.54) is 6.07 Å². The first-order valence-electron chi connectivity index (χ1n) is 10.3. The second kappa shape index (κ2) is 8.17. The Labute approximate surface area is 173 Å². The van der Waals surface area contributed by atoms with E-state index < -0.39 is 11.2 Å². The molecule has 9 nitrogen and oxygen atoms in total. The molecular formula is C21H26N6O3. The van der Waals surface area contributed by atoms with Crippen LogP contribution in [-0.4, -0.2) is 54.8 Å². The zero-order valence-electron chi connectivity index (χ0n) is 17.2. The van der Waals surface area contributed by atoms with Gasteiger partial charge in [0.05, 0.1) is 17.1 Å². The zero-order valence-corrected chi connectivity index (χ0v) is 17.2. The van der Waals surface area contributed by atoms with Gasteiger partial charge in [-0.3, -0.25) is 14.7 Å². The molecule has 4 heterocycles. The van der Waals surface area contributed by atoms with Crippen LogP contribution in [0.5, 0.6) is 5.75 Å². The molecule has 158 valence electrons. The number of aryl methyl sites for hydroxylation is 1. The summed E-state index contributed by atoms with van der Waals surface area (Å²) in [4.78, 5) is 31.1. The summed E-state index contributed by atoms with van der Waals surface area (Å²) < 4.78 is 1.80. The number of H-pyrrole nitrogens is 1. The summed E-state index contributed by atoms with van der Waals surface area (Å²) in [6.07, 6.45) is 5.84. The van der Waals surface area contributed by atoms with Gasteiger partial charge in [-0.05, 0) is 39.2 Å². The van der Waals surface area contributed by atoms with Crippen molar-refractivity contribution < 1.29 is 9.90 Å². The van der Waals surface area contributed by atoms with Crippen molar-refractivity contribution in [2.45, 2.75) is 45.7 Å². The molecule has 0 unspecified atom stereocenters. The molecule has 3 aromatic rings. The van der Waals surface area contributed by atoms with Gasteiger partial charge in [0.15, 0.2) is 11.4 Å². The predicted octanol–water partition coefficient (Wildman–Crippen LogP) is 2.12. The van der Waals surface area contributed by atoms with Gasteiger partial charge in [-0.15, -0.1) is 0 Å². The number of nitrogens with one attached hydrogen (secondary N) is 2. The van der Waals surface area contributed by atoms with E-state index in [1.807, 2.05) is 19.9 Å². The van der Waals surface area contributed by atoms with E-state index in [0.717, 1.165) is 41.8 Å². The molecule has 9 heteroatoms. The number of rotatable bonds is 7. The molecule has 0 aromatic carbocycles. The lowest BCUT2D eigenvalue weighted by Crippen LogP contribution is -2.45. The van der Waals surface area contributed by atoms with Crippen LogP contribution >= 0.6 is 0 Å². The van der Waals surface area contributed by atoms with Crippen LogP contribution in [0.1, 0.15) is 42.9 Å². The molecule has 1 aliphatic heterocycles. The van der Waals surface area contributed by atoms with E-state index in [9.17, 15) is 14.7 Å². The smallest absolute Gasteiger partial charge is 0.274 e. The van der Waals surface area contributed by atoms with Crippen molar-refractivity contribution in [1.82, 2.24) is 24.6 Å². The average molecular weight is 410 g/mol. The first-order chi connectivity index (χ1) is 14.5. The third-order valence-electron chi connectivity index (χ3n) is 5.54. The molecule has 3 aromatic heterocycles. The lowest BCUT2D eigenvalue weighted by Gasteiger charge is -2.34. The van der Waals surface area contributed by atoms with Crippen molar-refractivity contribution in [1.29, 1.82) is 0 Å². The van der Waals surface area contributed by atoms with Gasteiger partial charge in [0.25, 0.3) is 5.91 Å². The fourth-order valence-electron chi connectivity index (χ4n) is 3.95. The highest BCUT2D eigenvalue weighted by Gasteiger charge is 2.31.